The molecule has 0 aliphatic rings. The van der Waals surface area contributed by atoms with E-state index in [2.05, 4.69) is 35.0 Å². The van der Waals surface area contributed by atoms with Crippen LogP contribution in [0.4, 0.5) is 0 Å². The Hall–Kier alpha value is -1.39. The van der Waals surface area contributed by atoms with Gasteiger partial charge in [0.15, 0.2) is 0 Å². The summed E-state index contributed by atoms with van der Waals surface area (Å²) in [6, 6.07) is 13.7. The van der Waals surface area contributed by atoms with Crippen LogP contribution in [0.1, 0.15) is 24.5 Å². The van der Waals surface area contributed by atoms with Crippen LogP contribution in [0, 0.1) is 0 Å². The molecule has 2 rings (SSSR count). The van der Waals surface area contributed by atoms with Crippen molar-refractivity contribution in [3.8, 4) is 11.5 Å². The molecule has 2 aromatic rings. The van der Waals surface area contributed by atoms with E-state index in [-0.39, 0.29) is 0 Å². The Morgan fingerprint density at radius 1 is 1.15 bits per heavy atom. The average Bonchev–Trinajstić information content (AvgIpc) is 2.41. The maximum atomic E-state index is 5.81. The maximum absolute atomic E-state index is 5.81. The zero-order valence-electron chi connectivity index (χ0n) is 11.2. The molecule has 0 aliphatic heterocycles. The van der Waals surface area contributed by atoms with Crippen molar-refractivity contribution in [2.75, 3.05) is 0 Å². The summed E-state index contributed by atoms with van der Waals surface area (Å²) in [5, 5.41) is 0. The van der Waals surface area contributed by atoms with Gasteiger partial charge in [0, 0.05) is 10.0 Å². The van der Waals surface area contributed by atoms with Crippen molar-refractivity contribution in [2.45, 2.75) is 19.8 Å². The van der Waals surface area contributed by atoms with Crippen LogP contribution in [0.25, 0.3) is 0 Å². The van der Waals surface area contributed by atoms with Gasteiger partial charge in [0.05, 0.1) is 0 Å². The fraction of sp³-hybridized carbons (Fsp3) is 0.188. The smallest absolute Gasteiger partial charge is 0.128 e. The molecule has 0 heterocycles. The zero-order chi connectivity index (χ0) is 14.5. The lowest BCUT2D eigenvalue weighted by atomic mass is 10.1. The molecule has 0 saturated carbocycles. The summed E-state index contributed by atoms with van der Waals surface area (Å²) in [4.78, 5) is 0.368. The van der Waals surface area contributed by atoms with Crippen molar-refractivity contribution >= 4 is 33.1 Å². The lowest BCUT2D eigenvalue weighted by Gasteiger charge is -2.09. The van der Waals surface area contributed by atoms with E-state index < -0.39 is 0 Å². The second-order valence-corrected chi connectivity index (χ2v) is 5.80. The first kappa shape index (κ1) is 15.0. The quantitative estimate of drug-likeness (QED) is 0.785. The van der Waals surface area contributed by atoms with Crippen LogP contribution in [0.5, 0.6) is 11.5 Å². The van der Waals surface area contributed by atoms with E-state index in [9.17, 15) is 0 Å². The van der Waals surface area contributed by atoms with Gasteiger partial charge in [-0.25, -0.2) is 0 Å². The number of rotatable bonds is 5. The van der Waals surface area contributed by atoms with Crippen LogP contribution in [-0.4, -0.2) is 4.99 Å². The molecule has 2 nitrogen and oxygen atoms in total. The van der Waals surface area contributed by atoms with Crippen LogP contribution < -0.4 is 10.5 Å². The van der Waals surface area contributed by atoms with Crippen LogP contribution in [-0.2, 0) is 6.42 Å². The van der Waals surface area contributed by atoms with Gasteiger partial charge in [-0.1, -0.05) is 37.7 Å². The van der Waals surface area contributed by atoms with Gasteiger partial charge in [-0.05, 0) is 58.2 Å². The molecule has 0 atom stereocenters. The van der Waals surface area contributed by atoms with Gasteiger partial charge in [-0.15, -0.1) is 0 Å². The Kier molecular flexibility index (Phi) is 5.15. The summed E-state index contributed by atoms with van der Waals surface area (Å²) in [7, 11) is 0. The molecule has 0 fully saturated rings. The van der Waals surface area contributed by atoms with Crippen LogP contribution in [0.3, 0.4) is 0 Å². The van der Waals surface area contributed by atoms with Gasteiger partial charge in [0.1, 0.15) is 16.5 Å². The predicted octanol–water partition coefficient (Wildman–Crippen LogP) is 4.83. The molecule has 0 bridgehead atoms. The highest BCUT2D eigenvalue weighted by atomic mass is 79.9. The molecule has 104 valence electrons. The van der Waals surface area contributed by atoms with Gasteiger partial charge in [0.2, 0.25) is 0 Å². The molecule has 4 heteroatoms. The second kappa shape index (κ2) is 6.86. The Morgan fingerprint density at radius 3 is 2.35 bits per heavy atom. The molecule has 20 heavy (non-hydrogen) atoms. The van der Waals surface area contributed by atoms with Crippen molar-refractivity contribution in [1.29, 1.82) is 0 Å². The van der Waals surface area contributed by atoms with Crippen molar-refractivity contribution in [1.82, 2.24) is 0 Å². The normalized spacial score (nSPS) is 10.3. The number of halogens is 1. The third kappa shape index (κ3) is 3.81. The molecule has 0 radical (unpaired) electrons. The minimum atomic E-state index is 0.368. The van der Waals surface area contributed by atoms with E-state index in [1.807, 2.05) is 30.3 Å². The largest absolute Gasteiger partial charge is 0.457 e. The third-order valence-corrected chi connectivity index (χ3v) is 3.78. The Labute approximate surface area is 133 Å². The van der Waals surface area contributed by atoms with Gasteiger partial charge in [0.25, 0.3) is 0 Å². The predicted molar refractivity (Wildman–Crippen MR) is 90.5 cm³/mol. The fourth-order valence-corrected chi connectivity index (χ4v) is 2.79. The SMILES string of the molecule is CCCc1ccc(Oc2ccc(C(N)=S)c(Br)c2)cc1. The minimum absolute atomic E-state index is 0.368. The molecule has 0 spiro atoms. The van der Waals surface area contributed by atoms with Crippen LogP contribution >= 0.6 is 28.1 Å². The minimum Gasteiger partial charge on any atom is -0.457 e. The van der Waals surface area contributed by atoms with E-state index in [4.69, 9.17) is 22.7 Å². The molecule has 0 aromatic heterocycles. The maximum Gasteiger partial charge on any atom is 0.128 e. The average molecular weight is 350 g/mol. The molecule has 0 unspecified atom stereocenters. The van der Waals surface area contributed by atoms with Gasteiger partial charge in [-0.3, -0.25) is 0 Å². The van der Waals surface area contributed by atoms with E-state index >= 15 is 0 Å². The first-order chi connectivity index (χ1) is 9.60. The summed E-state index contributed by atoms with van der Waals surface area (Å²) in [5.41, 5.74) is 7.76. The Balaban J connectivity index is 2.13. The first-order valence-corrected chi connectivity index (χ1v) is 7.66. The number of ether oxygens (including phenoxy) is 1. The standard InChI is InChI=1S/C16H16BrNOS/c1-2-3-11-4-6-12(7-5-11)19-13-8-9-14(16(18)20)15(17)10-13/h4-10H,2-3H2,1H3,(H2,18,20). The van der Waals surface area contributed by atoms with Crippen molar-refractivity contribution < 1.29 is 4.74 Å². The summed E-state index contributed by atoms with van der Waals surface area (Å²) in [5.74, 6) is 1.57. The third-order valence-electron chi connectivity index (χ3n) is 2.90. The van der Waals surface area contributed by atoms with E-state index in [1.165, 1.54) is 5.56 Å². The molecule has 0 saturated heterocycles. The number of aryl methyl sites for hydroxylation is 1. The number of thiocarbonyl (C=S) groups is 1. The lowest BCUT2D eigenvalue weighted by molar-refractivity contribution is 0.482. The van der Waals surface area contributed by atoms with E-state index in [0.29, 0.717) is 4.99 Å². The van der Waals surface area contributed by atoms with Crippen LogP contribution in [0.2, 0.25) is 0 Å². The zero-order valence-corrected chi connectivity index (χ0v) is 13.6. The van der Waals surface area contributed by atoms with E-state index in [0.717, 1.165) is 34.4 Å². The molecule has 2 N–H and O–H groups in total. The first-order valence-electron chi connectivity index (χ1n) is 6.46. The fourth-order valence-electron chi connectivity index (χ4n) is 1.91. The highest BCUT2D eigenvalue weighted by Crippen LogP contribution is 2.27. The number of hydrogen-bond acceptors (Lipinski definition) is 2. The summed E-state index contributed by atoms with van der Waals surface area (Å²) in [6.45, 7) is 2.17. The molecular weight excluding hydrogens is 334 g/mol. The topological polar surface area (TPSA) is 35.2 Å². The Bertz CT molecular complexity index is 610. The molecule has 0 amide bonds. The molecular formula is C16H16BrNOS. The summed E-state index contributed by atoms with van der Waals surface area (Å²) < 4.78 is 6.65. The van der Waals surface area contributed by atoms with Gasteiger partial charge < -0.3 is 10.5 Å². The Morgan fingerprint density at radius 2 is 1.80 bits per heavy atom. The monoisotopic (exact) mass is 349 g/mol. The van der Waals surface area contributed by atoms with Crippen LogP contribution in [0.15, 0.2) is 46.9 Å². The number of hydrogen-bond donors (Lipinski definition) is 1. The van der Waals surface area contributed by atoms with Crippen molar-refractivity contribution in [2.24, 2.45) is 5.73 Å². The van der Waals surface area contributed by atoms with Crippen molar-refractivity contribution in [3.63, 3.8) is 0 Å². The number of nitrogens with two attached hydrogens (primary N) is 1. The summed E-state index contributed by atoms with van der Waals surface area (Å²) in [6.07, 6.45) is 2.24. The second-order valence-electron chi connectivity index (χ2n) is 4.50. The number of benzene rings is 2. The van der Waals surface area contributed by atoms with Crippen molar-refractivity contribution in [3.05, 3.63) is 58.1 Å². The lowest BCUT2D eigenvalue weighted by Crippen LogP contribution is -2.09. The molecule has 0 aliphatic carbocycles. The molecule has 2 aromatic carbocycles. The highest BCUT2D eigenvalue weighted by Gasteiger charge is 2.05. The van der Waals surface area contributed by atoms with Gasteiger partial charge >= 0.3 is 0 Å². The van der Waals surface area contributed by atoms with E-state index in [1.54, 1.807) is 0 Å². The summed E-state index contributed by atoms with van der Waals surface area (Å²) >= 11 is 8.41. The highest BCUT2D eigenvalue weighted by molar-refractivity contribution is 9.10. The van der Waals surface area contributed by atoms with Gasteiger partial charge in [-0.2, -0.15) is 0 Å².